The number of halogens is 2. The first-order chi connectivity index (χ1) is 12.3. The normalized spacial score (nSPS) is 13.6. The molecule has 0 fully saturated rings. The van der Waals surface area contributed by atoms with E-state index in [4.69, 9.17) is 0 Å². The van der Waals surface area contributed by atoms with Gasteiger partial charge in [-0.1, -0.05) is 29.5 Å². The van der Waals surface area contributed by atoms with E-state index in [0.717, 1.165) is 34.8 Å². The summed E-state index contributed by atoms with van der Waals surface area (Å²) in [5.41, 5.74) is 3.56. The lowest BCUT2D eigenvalue weighted by atomic mass is 9.97. The van der Waals surface area contributed by atoms with Gasteiger partial charge >= 0.3 is 0 Å². The molecule has 0 bridgehead atoms. The van der Waals surface area contributed by atoms with E-state index in [0.29, 0.717) is 28.1 Å². The zero-order chi connectivity index (χ0) is 18.5. The van der Waals surface area contributed by atoms with Gasteiger partial charge in [-0.05, 0) is 41.3 Å². The third-order valence-electron chi connectivity index (χ3n) is 4.12. The molecular formula is C18H12F2N2O2S2. The van der Waals surface area contributed by atoms with Gasteiger partial charge in [0.1, 0.15) is 16.6 Å². The van der Waals surface area contributed by atoms with Crippen LogP contribution in [-0.2, 0) is 16.3 Å². The third kappa shape index (κ3) is 2.95. The van der Waals surface area contributed by atoms with E-state index in [1.807, 2.05) is 24.3 Å². The highest BCUT2D eigenvalue weighted by Crippen LogP contribution is 2.37. The molecule has 0 saturated heterocycles. The van der Waals surface area contributed by atoms with Crippen LogP contribution < -0.4 is 0 Å². The van der Waals surface area contributed by atoms with Gasteiger partial charge in [0.25, 0.3) is 0 Å². The molecule has 0 radical (unpaired) electrons. The predicted molar refractivity (Wildman–Crippen MR) is 95.6 cm³/mol. The number of aromatic nitrogens is 2. The molecule has 0 spiro atoms. The second-order valence-corrected chi connectivity index (χ2v) is 9.13. The van der Waals surface area contributed by atoms with Crippen LogP contribution in [0.4, 0.5) is 8.78 Å². The molecule has 1 heterocycles. The third-order valence-corrected chi connectivity index (χ3v) is 6.76. The number of hydrogen-bond acceptors (Lipinski definition) is 5. The molecule has 0 saturated carbocycles. The van der Waals surface area contributed by atoms with Crippen molar-refractivity contribution in [2.45, 2.75) is 10.8 Å². The number of rotatable bonds is 3. The summed E-state index contributed by atoms with van der Waals surface area (Å²) in [6, 6.07) is 9.08. The fourth-order valence-electron chi connectivity index (χ4n) is 2.90. The van der Waals surface area contributed by atoms with Crippen molar-refractivity contribution in [1.29, 1.82) is 0 Å². The summed E-state index contributed by atoms with van der Waals surface area (Å²) < 4.78 is 50.5. The number of benzene rings is 2. The molecular weight excluding hydrogens is 378 g/mol. The molecule has 2 aromatic carbocycles. The summed E-state index contributed by atoms with van der Waals surface area (Å²) in [5, 5.41) is 8.15. The van der Waals surface area contributed by atoms with Crippen LogP contribution in [0.15, 0.2) is 46.8 Å². The molecule has 0 N–H and O–H groups in total. The fraction of sp³-hybridized carbons (Fsp3) is 0.111. The Morgan fingerprint density at radius 3 is 2.54 bits per heavy atom. The van der Waals surface area contributed by atoms with Crippen molar-refractivity contribution in [2.75, 3.05) is 6.26 Å². The smallest absolute Gasteiger partial charge is 0.221 e. The van der Waals surface area contributed by atoms with Crippen molar-refractivity contribution in [3.8, 4) is 10.6 Å². The Morgan fingerprint density at radius 1 is 1.04 bits per heavy atom. The van der Waals surface area contributed by atoms with Crippen LogP contribution in [0.5, 0.6) is 0 Å². The Kier molecular flexibility index (Phi) is 3.96. The van der Waals surface area contributed by atoms with E-state index < -0.39 is 21.5 Å². The summed E-state index contributed by atoms with van der Waals surface area (Å²) >= 11 is 0.987. The van der Waals surface area contributed by atoms with Crippen molar-refractivity contribution >= 4 is 26.7 Å². The second kappa shape index (κ2) is 6.07. The lowest BCUT2D eigenvalue weighted by Crippen LogP contribution is -1.95. The zero-order valence-corrected chi connectivity index (χ0v) is 15.2. The fourth-order valence-corrected chi connectivity index (χ4v) is 4.50. The van der Waals surface area contributed by atoms with Crippen molar-refractivity contribution in [3.05, 3.63) is 70.8 Å². The first kappa shape index (κ1) is 17.0. The van der Waals surface area contributed by atoms with Crippen LogP contribution in [0.25, 0.3) is 16.1 Å². The minimum absolute atomic E-state index is 0.0478. The monoisotopic (exact) mass is 390 g/mol. The number of hydrogen-bond donors (Lipinski definition) is 0. The van der Waals surface area contributed by atoms with Crippen LogP contribution in [0.1, 0.15) is 16.7 Å². The predicted octanol–water partition coefficient (Wildman–Crippen LogP) is 3.87. The molecule has 132 valence electrons. The average molecular weight is 390 g/mol. The maximum Gasteiger partial charge on any atom is 0.232 e. The molecule has 3 aromatic rings. The van der Waals surface area contributed by atoms with Crippen molar-refractivity contribution < 1.29 is 17.2 Å². The molecule has 0 unspecified atom stereocenters. The van der Waals surface area contributed by atoms with Crippen LogP contribution in [0.3, 0.4) is 0 Å². The summed E-state index contributed by atoms with van der Waals surface area (Å²) in [6.45, 7) is 0. The highest BCUT2D eigenvalue weighted by molar-refractivity contribution is 7.92. The topological polar surface area (TPSA) is 59.9 Å². The number of nitrogens with zero attached hydrogens (tertiary/aromatic N) is 2. The van der Waals surface area contributed by atoms with Gasteiger partial charge in [-0.3, -0.25) is 0 Å². The van der Waals surface area contributed by atoms with Gasteiger partial charge in [0.15, 0.2) is 0 Å². The first-order valence-corrected chi connectivity index (χ1v) is 10.4. The van der Waals surface area contributed by atoms with Gasteiger partial charge in [-0.2, -0.15) is 0 Å². The van der Waals surface area contributed by atoms with E-state index in [1.165, 1.54) is 12.1 Å². The number of fused-ring (bicyclic) bond motifs is 1. The van der Waals surface area contributed by atoms with Crippen LogP contribution >= 0.6 is 11.3 Å². The van der Waals surface area contributed by atoms with Gasteiger partial charge in [0.2, 0.25) is 14.2 Å². The number of sulfone groups is 1. The zero-order valence-electron chi connectivity index (χ0n) is 13.5. The molecule has 4 nitrogen and oxygen atoms in total. The van der Waals surface area contributed by atoms with E-state index in [-0.39, 0.29) is 4.34 Å². The van der Waals surface area contributed by atoms with Gasteiger partial charge < -0.3 is 0 Å². The second-order valence-electron chi connectivity index (χ2n) is 5.96. The van der Waals surface area contributed by atoms with Gasteiger partial charge in [0.05, 0.1) is 0 Å². The van der Waals surface area contributed by atoms with E-state index >= 15 is 0 Å². The minimum atomic E-state index is -3.42. The van der Waals surface area contributed by atoms with E-state index in [9.17, 15) is 17.2 Å². The number of allylic oxidation sites excluding steroid dienone is 1. The Morgan fingerprint density at radius 2 is 1.85 bits per heavy atom. The Labute approximate surface area is 152 Å². The first-order valence-electron chi connectivity index (χ1n) is 7.66. The van der Waals surface area contributed by atoms with Gasteiger partial charge in [-0.25, -0.2) is 17.2 Å². The standard InChI is InChI=1S/C18H12F2N2O2S2/c1-26(23,24)18-22-21-17(25-18)11-3-2-10-4-6-13(15(10)8-11)14-7-5-12(19)9-16(14)20/h2-3,5-9H,4H2,1H3. The van der Waals surface area contributed by atoms with Crippen LogP contribution in [-0.4, -0.2) is 24.9 Å². The summed E-state index contributed by atoms with van der Waals surface area (Å²) in [7, 11) is -3.42. The van der Waals surface area contributed by atoms with Crippen molar-refractivity contribution in [1.82, 2.24) is 10.2 Å². The molecule has 1 aromatic heterocycles. The lowest BCUT2D eigenvalue weighted by Gasteiger charge is -2.09. The maximum absolute atomic E-state index is 14.2. The summed E-state index contributed by atoms with van der Waals surface area (Å²) in [6.07, 6.45) is 3.62. The SMILES string of the molecule is CS(=O)(=O)c1nnc(-c2ccc3c(c2)C(c2ccc(F)cc2F)=CC3)s1. The Bertz CT molecular complexity index is 1170. The van der Waals surface area contributed by atoms with Gasteiger partial charge in [0, 0.05) is 23.4 Å². The maximum atomic E-state index is 14.2. The van der Waals surface area contributed by atoms with Gasteiger partial charge in [-0.15, -0.1) is 10.2 Å². The molecule has 0 atom stereocenters. The highest BCUT2D eigenvalue weighted by Gasteiger charge is 2.21. The molecule has 0 amide bonds. The van der Waals surface area contributed by atoms with Crippen molar-refractivity contribution in [3.63, 3.8) is 0 Å². The molecule has 26 heavy (non-hydrogen) atoms. The highest BCUT2D eigenvalue weighted by atomic mass is 32.2. The molecule has 4 rings (SSSR count). The Hall–Kier alpha value is -2.45. The summed E-state index contributed by atoms with van der Waals surface area (Å²) in [5.74, 6) is -1.24. The summed E-state index contributed by atoms with van der Waals surface area (Å²) in [4.78, 5) is 0. The quantitative estimate of drug-likeness (QED) is 0.681. The van der Waals surface area contributed by atoms with Crippen LogP contribution in [0.2, 0.25) is 0 Å². The Balaban J connectivity index is 1.78. The molecule has 0 aliphatic heterocycles. The van der Waals surface area contributed by atoms with E-state index in [2.05, 4.69) is 10.2 Å². The van der Waals surface area contributed by atoms with Crippen molar-refractivity contribution in [2.24, 2.45) is 0 Å². The van der Waals surface area contributed by atoms with E-state index in [1.54, 1.807) is 0 Å². The minimum Gasteiger partial charge on any atom is -0.221 e. The largest absolute Gasteiger partial charge is 0.232 e. The van der Waals surface area contributed by atoms with Crippen LogP contribution in [0, 0.1) is 11.6 Å². The molecule has 1 aliphatic rings. The lowest BCUT2D eigenvalue weighted by molar-refractivity contribution is 0.581. The molecule has 1 aliphatic carbocycles. The molecule has 8 heteroatoms. The average Bonchev–Trinajstić information content (AvgIpc) is 3.21.